The lowest BCUT2D eigenvalue weighted by atomic mass is 10.4. The Morgan fingerprint density at radius 2 is 2.00 bits per heavy atom. The van der Waals surface area contributed by atoms with Crippen LogP contribution in [0.5, 0.6) is 0 Å². The summed E-state index contributed by atoms with van der Waals surface area (Å²) in [6.07, 6.45) is 2.63. The van der Waals surface area contributed by atoms with E-state index in [0.29, 0.717) is 13.2 Å². The largest absolute Gasteiger partial charge is 0.326 e. The monoisotopic (exact) mass is 256 g/mol. The van der Waals surface area contributed by atoms with Crippen LogP contribution in [0, 0.1) is 0 Å². The smallest absolute Gasteiger partial charge is 0.219 e. The van der Waals surface area contributed by atoms with Gasteiger partial charge in [-0.15, -0.1) is 6.58 Å². The predicted molar refractivity (Wildman–Crippen MR) is 72.8 cm³/mol. The third kappa shape index (κ3) is 3.84. The van der Waals surface area contributed by atoms with E-state index >= 15 is 0 Å². The van der Waals surface area contributed by atoms with E-state index in [-0.39, 0.29) is 0 Å². The van der Waals surface area contributed by atoms with E-state index < -0.39 is 6.49 Å². The molecular weight excluding hydrogens is 239 g/mol. The topological polar surface area (TPSA) is 18.5 Å². The van der Waals surface area contributed by atoms with Crippen LogP contribution < -0.4 is 5.30 Å². The molecule has 0 radical (unpaired) electrons. The van der Waals surface area contributed by atoms with Crippen LogP contribution in [0.4, 0.5) is 0 Å². The zero-order valence-corrected chi connectivity index (χ0v) is 11.2. The van der Waals surface area contributed by atoms with Gasteiger partial charge in [0.1, 0.15) is 0 Å². The van der Waals surface area contributed by atoms with Crippen LogP contribution in [0.2, 0.25) is 0 Å². The minimum absolute atomic E-state index is 0.426. The summed E-state index contributed by atoms with van der Waals surface area (Å²) in [5.41, 5.74) is 0. The second kappa shape index (κ2) is 6.97. The van der Waals surface area contributed by atoms with Crippen LogP contribution in [0.1, 0.15) is 13.3 Å². The minimum Gasteiger partial charge on any atom is -0.326 e. The highest BCUT2D eigenvalue weighted by Gasteiger charge is 2.20. The molecule has 2 nitrogen and oxygen atoms in total. The lowest BCUT2D eigenvalue weighted by Gasteiger charge is -2.21. The number of rotatable bonds is 7. The molecule has 1 rings (SSSR count). The molecule has 0 heterocycles. The molecule has 0 N–H and O–H groups in total. The standard InChI is InChI=1S/C12H17O2PS/c1-3-10-13-15(16,14-11-4-2)12-8-6-5-7-9-12/h3,5-9H,1,4,10-11H2,2H3. The molecule has 0 aliphatic heterocycles. The summed E-state index contributed by atoms with van der Waals surface area (Å²) in [7, 11) is 0. The lowest BCUT2D eigenvalue weighted by molar-refractivity contribution is 0.272. The lowest BCUT2D eigenvalue weighted by Crippen LogP contribution is -2.10. The Balaban J connectivity index is 2.85. The molecule has 16 heavy (non-hydrogen) atoms. The number of hydrogen-bond acceptors (Lipinski definition) is 3. The molecule has 0 saturated carbocycles. The SMILES string of the molecule is C=CCOP(=S)(OCCC)c1ccccc1. The summed E-state index contributed by atoms with van der Waals surface area (Å²) >= 11 is 5.52. The van der Waals surface area contributed by atoms with Crippen LogP contribution >= 0.6 is 6.49 Å². The van der Waals surface area contributed by atoms with E-state index in [2.05, 4.69) is 13.5 Å². The van der Waals surface area contributed by atoms with Gasteiger partial charge in [0.25, 0.3) is 0 Å². The first-order valence-electron chi connectivity index (χ1n) is 5.28. The zero-order valence-electron chi connectivity index (χ0n) is 9.46. The third-order valence-corrected chi connectivity index (χ3v) is 5.11. The summed E-state index contributed by atoms with van der Waals surface area (Å²) in [4.78, 5) is 0. The van der Waals surface area contributed by atoms with Gasteiger partial charge in [0.15, 0.2) is 0 Å². The van der Waals surface area contributed by atoms with Crippen molar-refractivity contribution in [2.24, 2.45) is 0 Å². The first-order chi connectivity index (χ1) is 7.73. The third-order valence-electron chi connectivity index (χ3n) is 1.90. The summed E-state index contributed by atoms with van der Waals surface area (Å²) in [5, 5.41) is 0.959. The molecule has 1 unspecified atom stereocenters. The van der Waals surface area contributed by atoms with Crippen molar-refractivity contribution in [2.75, 3.05) is 13.2 Å². The quantitative estimate of drug-likeness (QED) is 0.551. The van der Waals surface area contributed by atoms with Gasteiger partial charge >= 0.3 is 0 Å². The average molecular weight is 256 g/mol. The number of benzene rings is 1. The van der Waals surface area contributed by atoms with E-state index in [1.165, 1.54) is 0 Å². The normalized spacial score (nSPS) is 14.3. The molecule has 4 heteroatoms. The summed E-state index contributed by atoms with van der Waals surface area (Å²) < 4.78 is 11.4. The Kier molecular flexibility index (Phi) is 5.93. The minimum atomic E-state index is -2.34. The van der Waals surface area contributed by atoms with E-state index in [1.807, 2.05) is 30.3 Å². The van der Waals surface area contributed by atoms with Crippen molar-refractivity contribution in [1.29, 1.82) is 0 Å². The Labute approximate surface area is 102 Å². The summed E-state index contributed by atoms with van der Waals surface area (Å²) in [6, 6.07) is 9.77. The van der Waals surface area contributed by atoms with E-state index in [1.54, 1.807) is 6.08 Å². The highest BCUT2D eigenvalue weighted by atomic mass is 32.5. The van der Waals surface area contributed by atoms with Gasteiger partial charge in [-0.25, -0.2) is 0 Å². The highest BCUT2D eigenvalue weighted by molar-refractivity contribution is 8.13. The zero-order chi connectivity index (χ0) is 11.9. The second-order valence-corrected chi connectivity index (χ2v) is 6.72. The molecule has 1 aromatic carbocycles. The molecular formula is C12H17O2PS. The van der Waals surface area contributed by atoms with Gasteiger partial charge in [-0.2, -0.15) is 0 Å². The molecule has 1 aromatic rings. The van der Waals surface area contributed by atoms with E-state index in [9.17, 15) is 0 Å². The molecule has 0 aromatic heterocycles. The van der Waals surface area contributed by atoms with Crippen molar-refractivity contribution < 1.29 is 9.05 Å². The van der Waals surface area contributed by atoms with Gasteiger partial charge in [0.2, 0.25) is 6.49 Å². The molecule has 0 aliphatic rings. The van der Waals surface area contributed by atoms with Crippen LogP contribution in [0.15, 0.2) is 43.0 Å². The molecule has 0 bridgehead atoms. The molecule has 0 aliphatic carbocycles. The molecule has 0 spiro atoms. The fourth-order valence-electron chi connectivity index (χ4n) is 1.16. The maximum Gasteiger partial charge on any atom is 0.219 e. The molecule has 88 valence electrons. The molecule has 0 fully saturated rings. The summed E-state index contributed by atoms with van der Waals surface area (Å²) in [5.74, 6) is 0. The van der Waals surface area contributed by atoms with E-state index in [0.717, 1.165) is 11.7 Å². The Hall–Kier alpha value is -0.470. The van der Waals surface area contributed by atoms with Crippen LogP contribution in [-0.4, -0.2) is 13.2 Å². The Morgan fingerprint density at radius 1 is 1.31 bits per heavy atom. The average Bonchev–Trinajstić information content (AvgIpc) is 2.35. The maximum absolute atomic E-state index is 5.72. The van der Waals surface area contributed by atoms with Crippen molar-refractivity contribution in [1.82, 2.24) is 0 Å². The fraction of sp³-hybridized carbons (Fsp3) is 0.333. The van der Waals surface area contributed by atoms with Gasteiger partial charge in [0.05, 0.1) is 13.2 Å². The van der Waals surface area contributed by atoms with Gasteiger partial charge in [-0.1, -0.05) is 31.2 Å². The molecule has 0 saturated heterocycles. The van der Waals surface area contributed by atoms with Gasteiger partial charge < -0.3 is 9.05 Å². The Bertz CT molecular complexity index is 365. The van der Waals surface area contributed by atoms with Gasteiger partial charge in [-0.05, 0) is 30.4 Å². The predicted octanol–water partition coefficient (Wildman–Crippen LogP) is 3.25. The second-order valence-electron chi connectivity index (χ2n) is 3.25. The first-order valence-corrected chi connectivity index (χ1v) is 7.92. The number of hydrogen-bond donors (Lipinski definition) is 0. The van der Waals surface area contributed by atoms with Crippen molar-refractivity contribution in [2.45, 2.75) is 13.3 Å². The highest BCUT2D eigenvalue weighted by Crippen LogP contribution is 2.47. The van der Waals surface area contributed by atoms with Crippen LogP contribution in [0.25, 0.3) is 0 Å². The van der Waals surface area contributed by atoms with Crippen LogP contribution in [0.3, 0.4) is 0 Å². The van der Waals surface area contributed by atoms with Crippen molar-refractivity contribution in [3.8, 4) is 0 Å². The van der Waals surface area contributed by atoms with Gasteiger partial charge in [-0.3, -0.25) is 0 Å². The Morgan fingerprint density at radius 3 is 2.56 bits per heavy atom. The fourth-order valence-corrected chi connectivity index (χ4v) is 3.57. The van der Waals surface area contributed by atoms with E-state index in [4.69, 9.17) is 20.9 Å². The summed E-state index contributed by atoms with van der Waals surface area (Å²) in [6.45, 7) is 4.39. The first kappa shape index (κ1) is 13.6. The molecule has 1 atom stereocenters. The van der Waals surface area contributed by atoms with Crippen LogP contribution in [-0.2, 0) is 20.9 Å². The molecule has 0 amide bonds. The van der Waals surface area contributed by atoms with Crippen molar-refractivity contribution in [3.05, 3.63) is 43.0 Å². The maximum atomic E-state index is 5.72. The van der Waals surface area contributed by atoms with Crippen molar-refractivity contribution >= 4 is 23.6 Å². The van der Waals surface area contributed by atoms with Gasteiger partial charge in [0, 0.05) is 5.30 Å². The van der Waals surface area contributed by atoms with Crippen molar-refractivity contribution in [3.63, 3.8) is 0 Å².